The van der Waals surface area contributed by atoms with Gasteiger partial charge in [0, 0.05) is 18.2 Å². The molecule has 0 aliphatic carbocycles. The average molecular weight is 288 g/mol. The van der Waals surface area contributed by atoms with Gasteiger partial charge >= 0.3 is 0 Å². The number of halogens is 3. The first-order valence-electron chi connectivity index (χ1n) is 6.95. The topological polar surface area (TPSA) is 3.24 Å². The van der Waals surface area contributed by atoms with Gasteiger partial charge in [-0.05, 0) is 44.0 Å². The van der Waals surface area contributed by atoms with Crippen LogP contribution >= 0.6 is 11.6 Å². The average Bonchev–Trinajstić information content (AvgIpc) is 2.42. The zero-order valence-corrected chi connectivity index (χ0v) is 12.0. The molecule has 1 aromatic carbocycles. The van der Waals surface area contributed by atoms with Crippen LogP contribution in [0.4, 0.5) is 8.78 Å². The Bertz CT molecular complexity index is 425. The molecule has 1 aliphatic rings. The number of piperidine rings is 1. The van der Waals surface area contributed by atoms with Crippen LogP contribution in [0.25, 0.3) is 0 Å². The lowest BCUT2D eigenvalue weighted by Crippen LogP contribution is -2.40. The van der Waals surface area contributed by atoms with Crippen molar-refractivity contribution in [2.45, 2.75) is 44.0 Å². The fourth-order valence-electron chi connectivity index (χ4n) is 2.82. The Labute approximate surface area is 118 Å². The molecule has 2 unspecified atom stereocenters. The van der Waals surface area contributed by atoms with E-state index in [1.807, 2.05) is 0 Å². The van der Waals surface area contributed by atoms with E-state index in [-0.39, 0.29) is 5.56 Å². The molecule has 2 rings (SSSR count). The molecule has 0 N–H and O–H groups in total. The standard InChI is InChI=1S/C15H20ClF2N/c1-2-12-5-3-4-8-19(12)10-14(16)13-9-11(17)6-7-15(13)18/h6-7,9,12,14H,2-5,8,10H2,1H3. The largest absolute Gasteiger partial charge is 0.299 e. The molecule has 1 fully saturated rings. The van der Waals surface area contributed by atoms with Crippen molar-refractivity contribution in [1.29, 1.82) is 0 Å². The molecule has 1 aromatic rings. The molecule has 0 spiro atoms. The van der Waals surface area contributed by atoms with E-state index in [1.165, 1.54) is 18.9 Å². The number of rotatable bonds is 4. The molecule has 1 heterocycles. The highest BCUT2D eigenvalue weighted by Crippen LogP contribution is 2.28. The van der Waals surface area contributed by atoms with Gasteiger partial charge in [0.2, 0.25) is 0 Å². The fraction of sp³-hybridized carbons (Fsp3) is 0.600. The van der Waals surface area contributed by atoms with Gasteiger partial charge in [-0.3, -0.25) is 4.90 Å². The van der Waals surface area contributed by atoms with Crippen molar-refractivity contribution in [1.82, 2.24) is 4.90 Å². The van der Waals surface area contributed by atoms with Crippen molar-refractivity contribution < 1.29 is 8.78 Å². The first kappa shape index (κ1) is 14.7. The van der Waals surface area contributed by atoms with Crippen molar-refractivity contribution in [2.75, 3.05) is 13.1 Å². The lowest BCUT2D eigenvalue weighted by atomic mass is 9.99. The Morgan fingerprint density at radius 2 is 2.16 bits per heavy atom. The van der Waals surface area contributed by atoms with Crippen LogP contribution in [0.1, 0.15) is 43.5 Å². The zero-order chi connectivity index (χ0) is 13.8. The summed E-state index contributed by atoms with van der Waals surface area (Å²) in [5, 5.41) is -0.497. The molecule has 4 heteroatoms. The normalized spacial score (nSPS) is 22.4. The van der Waals surface area contributed by atoms with Crippen LogP contribution in [0.5, 0.6) is 0 Å². The van der Waals surface area contributed by atoms with Crippen LogP contribution < -0.4 is 0 Å². The molecule has 0 radical (unpaired) electrons. The summed E-state index contributed by atoms with van der Waals surface area (Å²) in [7, 11) is 0. The number of likely N-dealkylation sites (tertiary alicyclic amines) is 1. The number of hydrogen-bond donors (Lipinski definition) is 0. The summed E-state index contributed by atoms with van der Waals surface area (Å²) in [6.07, 6.45) is 4.66. The molecule has 2 atom stereocenters. The van der Waals surface area contributed by atoms with E-state index in [9.17, 15) is 8.78 Å². The van der Waals surface area contributed by atoms with Crippen LogP contribution in [0, 0.1) is 11.6 Å². The molecule has 0 bridgehead atoms. The summed E-state index contributed by atoms with van der Waals surface area (Å²) in [4.78, 5) is 2.31. The van der Waals surface area contributed by atoms with Crippen LogP contribution in [0.3, 0.4) is 0 Å². The van der Waals surface area contributed by atoms with Crippen LogP contribution in [0.15, 0.2) is 18.2 Å². The van der Waals surface area contributed by atoms with E-state index in [1.54, 1.807) is 0 Å². The smallest absolute Gasteiger partial charge is 0.128 e. The zero-order valence-electron chi connectivity index (χ0n) is 11.2. The van der Waals surface area contributed by atoms with E-state index in [0.29, 0.717) is 12.6 Å². The van der Waals surface area contributed by atoms with Crippen molar-refractivity contribution in [3.63, 3.8) is 0 Å². The van der Waals surface area contributed by atoms with E-state index in [4.69, 9.17) is 11.6 Å². The molecule has 0 saturated carbocycles. The van der Waals surface area contributed by atoms with E-state index in [0.717, 1.165) is 31.5 Å². The highest BCUT2D eigenvalue weighted by atomic mass is 35.5. The maximum atomic E-state index is 13.7. The minimum atomic E-state index is -0.497. The molecular weight excluding hydrogens is 268 g/mol. The highest BCUT2D eigenvalue weighted by Gasteiger charge is 2.24. The van der Waals surface area contributed by atoms with Gasteiger partial charge in [0.05, 0.1) is 5.38 Å². The van der Waals surface area contributed by atoms with E-state index >= 15 is 0 Å². The van der Waals surface area contributed by atoms with Gasteiger partial charge in [0.15, 0.2) is 0 Å². The fourth-order valence-corrected chi connectivity index (χ4v) is 3.17. The third-order valence-corrected chi connectivity index (χ3v) is 4.28. The second-order valence-electron chi connectivity index (χ2n) is 5.19. The van der Waals surface area contributed by atoms with Crippen LogP contribution in [-0.4, -0.2) is 24.0 Å². The van der Waals surface area contributed by atoms with Gasteiger partial charge in [0.1, 0.15) is 11.6 Å². The molecule has 106 valence electrons. The summed E-state index contributed by atoms with van der Waals surface area (Å²) >= 11 is 6.29. The molecule has 1 nitrogen and oxygen atoms in total. The monoisotopic (exact) mass is 287 g/mol. The maximum Gasteiger partial charge on any atom is 0.128 e. The van der Waals surface area contributed by atoms with Gasteiger partial charge in [-0.15, -0.1) is 11.6 Å². The highest BCUT2D eigenvalue weighted by molar-refractivity contribution is 6.21. The Morgan fingerprint density at radius 3 is 2.89 bits per heavy atom. The van der Waals surface area contributed by atoms with Gasteiger partial charge in [0.25, 0.3) is 0 Å². The second kappa shape index (κ2) is 6.67. The quantitative estimate of drug-likeness (QED) is 0.737. The molecule has 0 amide bonds. The van der Waals surface area contributed by atoms with E-state index in [2.05, 4.69) is 11.8 Å². The molecular formula is C15H20ClF2N. The summed E-state index contributed by atoms with van der Waals surface area (Å²) in [5.74, 6) is -0.862. The van der Waals surface area contributed by atoms with Crippen molar-refractivity contribution in [3.8, 4) is 0 Å². The van der Waals surface area contributed by atoms with Gasteiger partial charge in [-0.2, -0.15) is 0 Å². The van der Waals surface area contributed by atoms with Crippen LogP contribution in [0.2, 0.25) is 0 Å². The Kier molecular flexibility index (Phi) is 5.17. The third-order valence-electron chi connectivity index (χ3n) is 3.91. The van der Waals surface area contributed by atoms with Crippen molar-refractivity contribution in [2.24, 2.45) is 0 Å². The number of alkyl halides is 1. The van der Waals surface area contributed by atoms with Crippen molar-refractivity contribution >= 4 is 11.6 Å². The lowest BCUT2D eigenvalue weighted by molar-refractivity contribution is 0.143. The molecule has 19 heavy (non-hydrogen) atoms. The second-order valence-corrected chi connectivity index (χ2v) is 5.71. The lowest BCUT2D eigenvalue weighted by Gasteiger charge is -2.36. The van der Waals surface area contributed by atoms with Gasteiger partial charge in [-0.25, -0.2) is 8.78 Å². The number of hydrogen-bond acceptors (Lipinski definition) is 1. The Balaban J connectivity index is 2.07. The SMILES string of the molecule is CCC1CCCCN1CC(Cl)c1cc(F)ccc1F. The molecule has 1 aliphatic heterocycles. The summed E-state index contributed by atoms with van der Waals surface area (Å²) in [6, 6.07) is 4.00. The van der Waals surface area contributed by atoms with Gasteiger partial charge < -0.3 is 0 Å². The molecule has 1 saturated heterocycles. The maximum absolute atomic E-state index is 13.7. The summed E-state index contributed by atoms with van der Waals surface area (Å²) < 4.78 is 26.9. The van der Waals surface area contributed by atoms with E-state index < -0.39 is 17.0 Å². The van der Waals surface area contributed by atoms with Gasteiger partial charge in [-0.1, -0.05) is 13.3 Å². The number of benzene rings is 1. The van der Waals surface area contributed by atoms with Crippen LogP contribution in [-0.2, 0) is 0 Å². The predicted octanol–water partition coefficient (Wildman–Crippen LogP) is 4.51. The molecule has 0 aromatic heterocycles. The predicted molar refractivity (Wildman–Crippen MR) is 74.5 cm³/mol. The number of nitrogens with zero attached hydrogens (tertiary/aromatic N) is 1. The first-order chi connectivity index (χ1) is 9.11. The third kappa shape index (κ3) is 3.67. The Hall–Kier alpha value is -0.670. The van der Waals surface area contributed by atoms with Crippen molar-refractivity contribution in [3.05, 3.63) is 35.4 Å². The Morgan fingerprint density at radius 1 is 1.37 bits per heavy atom. The summed E-state index contributed by atoms with van der Waals surface area (Å²) in [6.45, 7) is 3.74. The summed E-state index contributed by atoms with van der Waals surface area (Å²) in [5.41, 5.74) is 0.266. The minimum Gasteiger partial charge on any atom is -0.299 e. The minimum absolute atomic E-state index is 0.266. The first-order valence-corrected chi connectivity index (χ1v) is 7.38.